The number of fused-ring (bicyclic) bond motifs is 1. The molecular formula is C24H28N2O4S2. The number of thioether (sulfide) groups is 1. The van der Waals surface area contributed by atoms with E-state index in [2.05, 4.69) is 4.99 Å². The fourth-order valence-corrected chi connectivity index (χ4v) is 8.05. The molecule has 2 aliphatic heterocycles. The second-order valence-electron chi connectivity index (χ2n) is 8.18. The molecule has 0 aliphatic carbocycles. The molecule has 0 aromatic heterocycles. The van der Waals surface area contributed by atoms with Gasteiger partial charge in [0.2, 0.25) is 0 Å². The van der Waals surface area contributed by atoms with Gasteiger partial charge in [-0.25, -0.2) is 8.42 Å². The number of ether oxygens (including phenoxy) is 1. The molecular weight excluding hydrogens is 444 g/mol. The predicted octanol–water partition coefficient (Wildman–Crippen LogP) is 4.30. The third-order valence-electron chi connectivity index (χ3n) is 5.97. The minimum Gasteiger partial charge on any atom is -0.489 e. The van der Waals surface area contributed by atoms with Crippen molar-refractivity contribution in [1.29, 1.82) is 0 Å². The van der Waals surface area contributed by atoms with Gasteiger partial charge in [0.25, 0.3) is 5.91 Å². The van der Waals surface area contributed by atoms with E-state index >= 15 is 0 Å². The van der Waals surface area contributed by atoms with Crippen LogP contribution in [0.2, 0.25) is 0 Å². The molecule has 0 bridgehead atoms. The highest BCUT2D eigenvalue weighted by molar-refractivity contribution is 8.16. The number of sulfone groups is 1. The molecule has 2 atom stereocenters. The number of amidine groups is 1. The SMILES string of the molecule is CCC(CC)C(=O)N=C1S[C@H]2CS(=O)(=O)C[C@H]2N1c1ccc(OCc2ccccc2)cc1. The van der Waals surface area contributed by atoms with Crippen LogP contribution in [0.1, 0.15) is 32.3 Å². The molecule has 0 unspecified atom stereocenters. The van der Waals surface area contributed by atoms with Gasteiger partial charge >= 0.3 is 0 Å². The molecule has 2 saturated heterocycles. The number of benzene rings is 2. The number of amides is 1. The maximum Gasteiger partial charge on any atom is 0.251 e. The minimum absolute atomic E-state index is 0.0785. The van der Waals surface area contributed by atoms with Gasteiger partial charge in [-0.3, -0.25) is 4.79 Å². The summed E-state index contributed by atoms with van der Waals surface area (Å²) in [6.45, 7) is 4.45. The molecule has 2 heterocycles. The number of hydrogen-bond donors (Lipinski definition) is 0. The average molecular weight is 473 g/mol. The first kappa shape index (κ1) is 22.9. The van der Waals surface area contributed by atoms with E-state index in [1.165, 1.54) is 11.8 Å². The number of anilines is 1. The first-order valence-corrected chi connectivity index (χ1v) is 13.7. The second-order valence-corrected chi connectivity index (χ2v) is 11.5. The van der Waals surface area contributed by atoms with Crippen LogP contribution in [0.5, 0.6) is 5.75 Å². The monoisotopic (exact) mass is 472 g/mol. The van der Waals surface area contributed by atoms with Crippen LogP contribution in [0.4, 0.5) is 5.69 Å². The lowest BCUT2D eigenvalue weighted by molar-refractivity contribution is -0.121. The third-order valence-corrected chi connectivity index (χ3v) is 9.18. The Morgan fingerprint density at radius 1 is 1.09 bits per heavy atom. The summed E-state index contributed by atoms with van der Waals surface area (Å²) >= 11 is 1.41. The van der Waals surface area contributed by atoms with E-state index in [4.69, 9.17) is 4.74 Å². The highest BCUT2D eigenvalue weighted by Gasteiger charge is 2.49. The molecule has 0 spiro atoms. The number of nitrogens with zero attached hydrogens (tertiary/aromatic N) is 2. The third kappa shape index (κ3) is 5.02. The molecule has 6 nitrogen and oxygen atoms in total. The topological polar surface area (TPSA) is 76.0 Å². The van der Waals surface area contributed by atoms with Gasteiger partial charge in [-0.05, 0) is 42.7 Å². The lowest BCUT2D eigenvalue weighted by Gasteiger charge is -2.25. The van der Waals surface area contributed by atoms with Crippen molar-refractivity contribution in [1.82, 2.24) is 0 Å². The van der Waals surface area contributed by atoms with Crippen molar-refractivity contribution in [2.45, 2.75) is 44.6 Å². The minimum atomic E-state index is -3.10. The molecule has 4 rings (SSSR count). The van der Waals surface area contributed by atoms with Crippen LogP contribution in [0.15, 0.2) is 59.6 Å². The zero-order valence-corrected chi connectivity index (χ0v) is 19.9. The largest absolute Gasteiger partial charge is 0.489 e. The molecule has 8 heteroatoms. The summed E-state index contributed by atoms with van der Waals surface area (Å²) in [5.41, 5.74) is 1.91. The first-order chi connectivity index (χ1) is 15.4. The van der Waals surface area contributed by atoms with Crippen LogP contribution < -0.4 is 9.64 Å². The van der Waals surface area contributed by atoms with Crippen molar-refractivity contribution in [3.63, 3.8) is 0 Å². The Balaban J connectivity index is 1.56. The summed E-state index contributed by atoms with van der Waals surface area (Å²) < 4.78 is 30.4. The maximum atomic E-state index is 12.7. The van der Waals surface area contributed by atoms with Crippen molar-refractivity contribution in [2.24, 2.45) is 10.9 Å². The van der Waals surface area contributed by atoms with E-state index in [-0.39, 0.29) is 34.6 Å². The van der Waals surface area contributed by atoms with Gasteiger partial charge in [-0.2, -0.15) is 4.99 Å². The van der Waals surface area contributed by atoms with Crippen molar-refractivity contribution in [3.05, 3.63) is 60.2 Å². The molecule has 0 radical (unpaired) electrons. The Morgan fingerprint density at radius 2 is 1.78 bits per heavy atom. The van der Waals surface area contributed by atoms with Crippen molar-refractivity contribution < 1.29 is 17.9 Å². The normalized spacial score (nSPS) is 23.0. The van der Waals surface area contributed by atoms with E-state index in [1.54, 1.807) is 0 Å². The highest BCUT2D eigenvalue weighted by atomic mass is 32.2. The van der Waals surface area contributed by atoms with Crippen molar-refractivity contribution in [3.8, 4) is 5.75 Å². The molecule has 0 N–H and O–H groups in total. The van der Waals surface area contributed by atoms with Crippen LogP contribution >= 0.6 is 11.8 Å². The highest BCUT2D eigenvalue weighted by Crippen LogP contribution is 2.41. The Kier molecular flexibility index (Phi) is 6.90. The lowest BCUT2D eigenvalue weighted by atomic mass is 10.0. The zero-order chi connectivity index (χ0) is 22.7. The number of rotatable bonds is 7. The Bertz CT molecular complexity index is 1080. The summed E-state index contributed by atoms with van der Waals surface area (Å²) in [5, 5.41) is 0.493. The molecule has 1 amide bonds. The Morgan fingerprint density at radius 3 is 2.44 bits per heavy atom. The van der Waals surface area contributed by atoms with E-state index in [1.807, 2.05) is 73.3 Å². The molecule has 32 heavy (non-hydrogen) atoms. The molecule has 2 fully saturated rings. The Labute approximate surface area is 194 Å². The zero-order valence-electron chi connectivity index (χ0n) is 18.3. The van der Waals surface area contributed by atoms with E-state index < -0.39 is 9.84 Å². The van der Waals surface area contributed by atoms with Gasteiger partial charge in [0, 0.05) is 16.9 Å². The van der Waals surface area contributed by atoms with Crippen LogP contribution in [0, 0.1) is 5.92 Å². The van der Waals surface area contributed by atoms with Gasteiger partial charge in [-0.1, -0.05) is 55.9 Å². The summed E-state index contributed by atoms with van der Waals surface area (Å²) in [7, 11) is -3.10. The molecule has 2 aliphatic rings. The molecule has 2 aromatic carbocycles. The van der Waals surface area contributed by atoms with Crippen LogP contribution in [-0.2, 0) is 21.2 Å². The van der Waals surface area contributed by atoms with E-state index in [0.717, 1.165) is 29.8 Å². The molecule has 0 saturated carbocycles. The maximum absolute atomic E-state index is 12.7. The molecule has 2 aromatic rings. The fraction of sp³-hybridized carbons (Fsp3) is 0.417. The standard InChI is InChI=1S/C24H28N2O4S2/c1-3-18(4-2)23(27)25-24-26(21-15-32(28,29)16-22(21)31-24)19-10-12-20(13-11-19)30-14-17-8-6-5-7-9-17/h5-13,18,21-22H,3-4,14-16H2,1-2H3/t21-,22+/m1/s1. The van der Waals surface area contributed by atoms with Crippen LogP contribution in [0.3, 0.4) is 0 Å². The predicted molar refractivity (Wildman–Crippen MR) is 130 cm³/mol. The van der Waals surface area contributed by atoms with Crippen LogP contribution in [-0.4, -0.2) is 42.3 Å². The summed E-state index contributed by atoms with van der Waals surface area (Å²) in [4.78, 5) is 19.1. The van der Waals surface area contributed by atoms with E-state index in [0.29, 0.717) is 11.8 Å². The van der Waals surface area contributed by atoms with Gasteiger partial charge in [0.05, 0.1) is 17.5 Å². The number of carbonyl (C=O) groups excluding carboxylic acids is 1. The van der Waals surface area contributed by atoms with Gasteiger partial charge in [0.15, 0.2) is 15.0 Å². The Hall–Kier alpha value is -2.32. The first-order valence-electron chi connectivity index (χ1n) is 11.0. The smallest absolute Gasteiger partial charge is 0.251 e. The number of aliphatic imine (C=N–C) groups is 1. The summed E-state index contributed by atoms with van der Waals surface area (Å²) in [5.74, 6) is 0.687. The second kappa shape index (κ2) is 9.67. The number of carbonyl (C=O) groups is 1. The van der Waals surface area contributed by atoms with E-state index in [9.17, 15) is 13.2 Å². The van der Waals surface area contributed by atoms with Gasteiger partial charge in [0.1, 0.15) is 12.4 Å². The van der Waals surface area contributed by atoms with Crippen molar-refractivity contribution in [2.75, 3.05) is 16.4 Å². The summed E-state index contributed by atoms with van der Waals surface area (Å²) in [6, 6.07) is 17.3. The van der Waals surface area contributed by atoms with Crippen molar-refractivity contribution >= 4 is 38.4 Å². The quantitative estimate of drug-likeness (QED) is 0.598. The fourth-order valence-electron chi connectivity index (χ4n) is 4.13. The number of hydrogen-bond acceptors (Lipinski definition) is 5. The average Bonchev–Trinajstić information content (AvgIpc) is 3.25. The van der Waals surface area contributed by atoms with Gasteiger partial charge in [-0.15, -0.1) is 0 Å². The lowest BCUT2D eigenvalue weighted by Crippen LogP contribution is -2.37. The van der Waals surface area contributed by atoms with Crippen LogP contribution in [0.25, 0.3) is 0 Å². The molecule has 170 valence electrons. The summed E-state index contributed by atoms with van der Waals surface area (Å²) in [6.07, 6.45) is 1.48. The van der Waals surface area contributed by atoms with Gasteiger partial charge < -0.3 is 9.64 Å².